The number of amides is 1. The molecule has 0 radical (unpaired) electrons. The van der Waals surface area contributed by atoms with Gasteiger partial charge in [-0.25, -0.2) is 0 Å². The van der Waals surface area contributed by atoms with Gasteiger partial charge in [-0.1, -0.05) is 12.1 Å². The third-order valence-corrected chi connectivity index (χ3v) is 3.33. The molecule has 1 amide bonds. The lowest BCUT2D eigenvalue weighted by molar-refractivity contribution is -0.121. The standard InChI is InChI=1S/C15H20F2N2O2/c1-10(18-8-7-14(20)19-12-5-6-12)11-3-2-4-13(9-11)21-15(16)17/h2-4,9-10,12,15,18H,5-8H2,1H3,(H,19,20). The third kappa shape index (κ3) is 5.67. The van der Waals surface area contributed by atoms with Crippen LogP contribution in [0.25, 0.3) is 0 Å². The van der Waals surface area contributed by atoms with Crippen molar-refractivity contribution in [1.82, 2.24) is 10.6 Å². The highest BCUT2D eigenvalue weighted by molar-refractivity contribution is 5.76. The van der Waals surface area contributed by atoms with Crippen LogP contribution in [-0.4, -0.2) is 25.1 Å². The summed E-state index contributed by atoms with van der Waals surface area (Å²) in [7, 11) is 0. The van der Waals surface area contributed by atoms with Gasteiger partial charge in [0.1, 0.15) is 5.75 Å². The zero-order valence-electron chi connectivity index (χ0n) is 11.9. The maximum absolute atomic E-state index is 12.2. The molecular formula is C15H20F2N2O2. The van der Waals surface area contributed by atoms with Gasteiger partial charge in [-0.2, -0.15) is 8.78 Å². The van der Waals surface area contributed by atoms with Crippen LogP contribution in [0.2, 0.25) is 0 Å². The lowest BCUT2D eigenvalue weighted by Crippen LogP contribution is -2.30. The monoisotopic (exact) mass is 298 g/mol. The normalized spacial score (nSPS) is 15.8. The van der Waals surface area contributed by atoms with Crippen LogP contribution in [0.15, 0.2) is 24.3 Å². The molecule has 1 atom stereocenters. The van der Waals surface area contributed by atoms with Crippen LogP contribution in [0.4, 0.5) is 8.78 Å². The molecule has 1 aromatic rings. The molecule has 21 heavy (non-hydrogen) atoms. The van der Waals surface area contributed by atoms with Crippen LogP contribution >= 0.6 is 0 Å². The second-order valence-electron chi connectivity index (χ2n) is 5.22. The molecule has 1 aliphatic rings. The summed E-state index contributed by atoms with van der Waals surface area (Å²) in [5, 5.41) is 6.12. The van der Waals surface area contributed by atoms with Crippen molar-refractivity contribution in [2.45, 2.75) is 44.9 Å². The number of hydrogen-bond donors (Lipinski definition) is 2. The molecule has 1 aromatic carbocycles. The molecule has 0 spiro atoms. The first-order valence-electron chi connectivity index (χ1n) is 7.12. The van der Waals surface area contributed by atoms with Gasteiger partial charge in [0.05, 0.1) is 0 Å². The summed E-state index contributed by atoms with van der Waals surface area (Å²) >= 11 is 0. The average molecular weight is 298 g/mol. The van der Waals surface area contributed by atoms with Gasteiger partial charge in [0.15, 0.2) is 0 Å². The minimum absolute atomic E-state index is 0.0417. The number of halogens is 2. The number of nitrogens with one attached hydrogen (secondary N) is 2. The molecule has 1 fully saturated rings. The van der Waals surface area contributed by atoms with Gasteiger partial charge in [-0.05, 0) is 37.5 Å². The summed E-state index contributed by atoms with van der Waals surface area (Å²) < 4.78 is 28.7. The van der Waals surface area contributed by atoms with E-state index in [0.717, 1.165) is 18.4 Å². The fourth-order valence-electron chi connectivity index (χ4n) is 2.01. The fraction of sp³-hybridized carbons (Fsp3) is 0.533. The summed E-state index contributed by atoms with van der Waals surface area (Å²) in [4.78, 5) is 11.5. The van der Waals surface area contributed by atoms with E-state index in [-0.39, 0.29) is 17.7 Å². The maximum Gasteiger partial charge on any atom is 0.387 e. The first kappa shape index (κ1) is 15.7. The smallest absolute Gasteiger partial charge is 0.387 e. The van der Waals surface area contributed by atoms with E-state index in [1.807, 2.05) is 13.0 Å². The highest BCUT2D eigenvalue weighted by atomic mass is 19.3. The SMILES string of the molecule is CC(NCCC(=O)NC1CC1)c1cccc(OC(F)F)c1. The third-order valence-electron chi connectivity index (χ3n) is 3.33. The Hall–Kier alpha value is -1.69. The van der Waals surface area contributed by atoms with Crippen molar-refractivity contribution in [2.75, 3.05) is 6.54 Å². The van der Waals surface area contributed by atoms with Gasteiger partial charge in [-0.3, -0.25) is 4.79 Å². The highest BCUT2D eigenvalue weighted by Gasteiger charge is 2.22. The summed E-state index contributed by atoms with van der Waals surface area (Å²) in [5.41, 5.74) is 0.843. The van der Waals surface area contributed by atoms with Crippen LogP contribution in [0.5, 0.6) is 5.75 Å². The molecule has 2 rings (SSSR count). The van der Waals surface area contributed by atoms with Crippen LogP contribution < -0.4 is 15.4 Å². The molecule has 116 valence electrons. The van der Waals surface area contributed by atoms with Crippen molar-refractivity contribution in [3.63, 3.8) is 0 Å². The van der Waals surface area contributed by atoms with E-state index >= 15 is 0 Å². The molecular weight excluding hydrogens is 278 g/mol. The number of alkyl halides is 2. The molecule has 0 saturated heterocycles. The van der Waals surface area contributed by atoms with Gasteiger partial charge in [0.25, 0.3) is 0 Å². The molecule has 0 heterocycles. The Bertz CT molecular complexity index is 478. The van der Waals surface area contributed by atoms with E-state index in [4.69, 9.17) is 0 Å². The van der Waals surface area contributed by atoms with Gasteiger partial charge >= 0.3 is 6.61 Å². The number of carbonyl (C=O) groups excluding carboxylic acids is 1. The second kappa shape index (κ2) is 7.36. The lowest BCUT2D eigenvalue weighted by Gasteiger charge is -2.15. The molecule has 4 nitrogen and oxygen atoms in total. The Morgan fingerprint density at radius 3 is 2.86 bits per heavy atom. The van der Waals surface area contributed by atoms with Gasteiger partial charge in [-0.15, -0.1) is 0 Å². The summed E-state index contributed by atoms with van der Waals surface area (Å²) in [6.45, 7) is -0.366. The predicted octanol–water partition coefficient (Wildman–Crippen LogP) is 2.61. The number of hydrogen-bond acceptors (Lipinski definition) is 3. The van der Waals surface area contributed by atoms with Crippen molar-refractivity contribution in [1.29, 1.82) is 0 Å². The molecule has 0 aliphatic heterocycles. The van der Waals surface area contributed by atoms with Crippen molar-refractivity contribution in [3.05, 3.63) is 29.8 Å². The topological polar surface area (TPSA) is 50.4 Å². The van der Waals surface area contributed by atoms with Crippen molar-refractivity contribution >= 4 is 5.91 Å². The van der Waals surface area contributed by atoms with Crippen molar-refractivity contribution in [3.8, 4) is 5.75 Å². The van der Waals surface area contributed by atoms with E-state index in [1.54, 1.807) is 12.1 Å². The Morgan fingerprint density at radius 1 is 1.43 bits per heavy atom. The van der Waals surface area contributed by atoms with E-state index in [2.05, 4.69) is 15.4 Å². The van der Waals surface area contributed by atoms with E-state index in [0.29, 0.717) is 19.0 Å². The molecule has 1 unspecified atom stereocenters. The van der Waals surface area contributed by atoms with E-state index in [1.165, 1.54) is 6.07 Å². The molecule has 2 N–H and O–H groups in total. The first-order valence-corrected chi connectivity index (χ1v) is 7.12. The van der Waals surface area contributed by atoms with Crippen molar-refractivity contribution in [2.24, 2.45) is 0 Å². The largest absolute Gasteiger partial charge is 0.435 e. The number of ether oxygens (including phenoxy) is 1. The molecule has 1 saturated carbocycles. The number of carbonyl (C=O) groups is 1. The Balaban J connectivity index is 1.76. The van der Waals surface area contributed by atoms with Crippen LogP contribution in [0.1, 0.15) is 37.8 Å². The van der Waals surface area contributed by atoms with Crippen LogP contribution in [-0.2, 0) is 4.79 Å². The quantitative estimate of drug-likeness (QED) is 0.775. The minimum Gasteiger partial charge on any atom is -0.435 e. The lowest BCUT2D eigenvalue weighted by atomic mass is 10.1. The predicted molar refractivity (Wildman–Crippen MR) is 75.3 cm³/mol. The van der Waals surface area contributed by atoms with Crippen LogP contribution in [0.3, 0.4) is 0 Å². The van der Waals surface area contributed by atoms with Crippen molar-refractivity contribution < 1.29 is 18.3 Å². The summed E-state index contributed by atoms with van der Waals surface area (Å²) in [6, 6.07) is 6.91. The van der Waals surface area contributed by atoms with Gasteiger partial charge < -0.3 is 15.4 Å². The van der Waals surface area contributed by atoms with E-state index in [9.17, 15) is 13.6 Å². The Kier molecular flexibility index (Phi) is 5.50. The zero-order valence-corrected chi connectivity index (χ0v) is 11.9. The minimum atomic E-state index is -2.82. The fourth-order valence-corrected chi connectivity index (χ4v) is 2.01. The first-order chi connectivity index (χ1) is 10.0. The highest BCUT2D eigenvalue weighted by Crippen LogP contribution is 2.21. The molecule has 1 aliphatic carbocycles. The molecule has 0 bridgehead atoms. The average Bonchev–Trinajstić information content (AvgIpc) is 3.22. The van der Waals surface area contributed by atoms with Gasteiger partial charge in [0, 0.05) is 25.0 Å². The van der Waals surface area contributed by atoms with E-state index < -0.39 is 6.61 Å². The molecule has 6 heteroatoms. The Labute approximate surface area is 122 Å². The summed E-state index contributed by atoms with van der Waals surface area (Å²) in [6.07, 6.45) is 2.56. The number of rotatable bonds is 8. The molecule has 0 aromatic heterocycles. The van der Waals surface area contributed by atoms with Crippen LogP contribution in [0, 0.1) is 0 Å². The summed E-state index contributed by atoms with van der Waals surface area (Å²) in [5.74, 6) is 0.189. The number of benzene rings is 1. The zero-order chi connectivity index (χ0) is 15.2. The Morgan fingerprint density at radius 2 is 2.19 bits per heavy atom. The maximum atomic E-state index is 12.2. The second-order valence-corrected chi connectivity index (χ2v) is 5.22. The van der Waals surface area contributed by atoms with Gasteiger partial charge in [0.2, 0.25) is 5.91 Å².